The van der Waals surface area contributed by atoms with Crippen molar-refractivity contribution in [3.63, 3.8) is 0 Å². The molecule has 0 fully saturated rings. The summed E-state index contributed by atoms with van der Waals surface area (Å²) in [5, 5.41) is 7.08. The Morgan fingerprint density at radius 1 is 0.674 bits per heavy atom. The molecule has 0 amide bonds. The molecular weight excluding hydrogens is 535 g/mol. The molecule has 7 aromatic rings. The number of para-hydroxylation sites is 1. The third kappa shape index (κ3) is 4.56. The number of aromatic nitrogens is 4. The quantitative estimate of drug-likeness (QED) is 0.208. The van der Waals surface area contributed by atoms with Crippen molar-refractivity contribution in [2.75, 3.05) is 0 Å². The predicted octanol–water partition coefficient (Wildman–Crippen LogP) is 9.50. The van der Waals surface area contributed by atoms with Gasteiger partial charge in [-0.3, -0.25) is 4.57 Å². The second-order valence-corrected chi connectivity index (χ2v) is 11.2. The van der Waals surface area contributed by atoms with Gasteiger partial charge in [-0.1, -0.05) is 36.4 Å². The lowest BCUT2D eigenvalue weighted by Crippen LogP contribution is -2.01. The molecule has 0 unspecified atom stereocenters. The fourth-order valence-corrected chi connectivity index (χ4v) is 6.29. The Morgan fingerprint density at radius 3 is 2.23 bits per heavy atom. The van der Waals surface area contributed by atoms with E-state index in [4.69, 9.17) is 9.84 Å². The topological polar surface area (TPSA) is 44.9 Å². The number of rotatable bonds is 5. The zero-order valence-electron chi connectivity index (χ0n) is 24.8. The molecule has 43 heavy (non-hydrogen) atoms. The van der Waals surface area contributed by atoms with E-state index in [9.17, 15) is 4.39 Å². The third-order valence-corrected chi connectivity index (χ3v) is 8.12. The van der Waals surface area contributed by atoms with E-state index >= 15 is 0 Å². The summed E-state index contributed by atoms with van der Waals surface area (Å²) in [7, 11) is 0. The van der Waals surface area contributed by atoms with Gasteiger partial charge < -0.3 is 4.74 Å². The van der Waals surface area contributed by atoms with Crippen LogP contribution in [0.15, 0.2) is 97.2 Å². The standard InChI is InChI=1S/C37H31FN4O/c1-22-17-28(42-26(5)37(25(4)40-42)36-23(2)9-8-10-24(36)3)20-30(18-22)43-29-13-14-32-31-11-6-7-12-33(31)41(34(32)21-29)35-19-27(38)15-16-39-35/h6-21H,1-5H3. The van der Waals surface area contributed by atoms with E-state index in [1.165, 1.54) is 40.6 Å². The molecule has 6 heteroatoms. The highest BCUT2D eigenvalue weighted by Crippen LogP contribution is 2.37. The second kappa shape index (κ2) is 10.2. The highest BCUT2D eigenvalue weighted by atomic mass is 19.1. The van der Waals surface area contributed by atoms with Crippen LogP contribution in [0.3, 0.4) is 0 Å². The van der Waals surface area contributed by atoms with Gasteiger partial charge in [-0.15, -0.1) is 0 Å². The first kappa shape index (κ1) is 26.7. The van der Waals surface area contributed by atoms with Gasteiger partial charge in [0.05, 0.1) is 22.4 Å². The molecule has 0 atom stereocenters. The maximum absolute atomic E-state index is 14.2. The Kier molecular flexibility index (Phi) is 6.35. The molecule has 0 aliphatic carbocycles. The first-order valence-corrected chi connectivity index (χ1v) is 14.4. The molecule has 212 valence electrons. The fourth-order valence-electron chi connectivity index (χ4n) is 6.29. The average molecular weight is 567 g/mol. The first-order chi connectivity index (χ1) is 20.8. The lowest BCUT2D eigenvalue weighted by Gasteiger charge is -2.13. The minimum absolute atomic E-state index is 0.333. The molecule has 0 radical (unpaired) electrons. The minimum atomic E-state index is -0.333. The molecule has 4 aromatic carbocycles. The summed E-state index contributed by atoms with van der Waals surface area (Å²) in [4.78, 5) is 4.48. The number of fused-ring (bicyclic) bond motifs is 3. The summed E-state index contributed by atoms with van der Waals surface area (Å²) in [6.07, 6.45) is 1.49. The zero-order valence-corrected chi connectivity index (χ0v) is 24.8. The number of hydrogen-bond donors (Lipinski definition) is 0. The van der Waals surface area contributed by atoms with E-state index in [-0.39, 0.29) is 5.82 Å². The largest absolute Gasteiger partial charge is 0.457 e. The van der Waals surface area contributed by atoms with Gasteiger partial charge in [-0.05, 0) is 93.3 Å². The normalized spacial score (nSPS) is 11.5. The van der Waals surface area contributed by atoms with Crippen LogP contribution >= 0.6 is 0 Å². The van der Waals surface area contributed by atoms with Crippen LogP contribution in [0.5, 0.6) is 11.5 Å². The van der Waals surface area contributed by atoms with E-state index in [1.54, 1.807) is 0 Å². The molecule has 0 N–H and O–H groups in total. The van der Waals surface area contributed by atoms with Crippen LogP contribution in [0.2, 0.25) is 0 Å². The fraction of sp³-hybridized carbons (Fsp3) is 0.135. The van der Waals surface area contributed by atoms with Crippen LogP contribution in [0, 0.1) is 40.4 Å². The maximum atomic E-state index is 14.2. The van der Waals surface area contributed by atoms with Crippen LogP contribution < -0.4 is 4.74 Å². The Labute approximate surface area is 249 Å². The lowest BCUT2D eigenvalue weighted by molar-refractivity contribution is 0.482. The molecule has 3 heterocycles. The van der Waals surface area contributed by atoms with Crippen LogP contribution in [-0.2, 0) is 0 Å². The Morgan fingerprint density at radius 2 is 1.44 bits per heavy atom. The summed E-state index contributed by atoms with van der Waals surface area (Å²) in [6.45, 7) is 10.6. The van der Waals surface area contributed by atoms with Crippen molar-refractivity contribution in [3.8, 4) is 34.1 Å². The molecule has 0 saturated heterocycles. The number of ether oxygens (including phenoxy) is 1. The van der Waals surface area contributed by atoms with Crippen molar-refractivity contribution in [2.24, 2.45) is 0 Å². The van der Waals surface area contributed by atoms with Gasteiger partial charge in [0, 0.05) is 46.4 Å². The number of aryl methyl sites for hydroxylation is 4. The molecule has 0 aliphatic rings. The van der Waals surface area contributed by atoms with Gasteiger partial charge in [0.25, 0.3) is 0 Å². The van der Waals surface area contributed by atoms with Gasteiger partial charge in [-0.2, -0.15) is 5.10 Å². The smallest absolute Gasteiger partial charge is 0.140 e. The molecule has 7 rings (SSSR count). The molecule has 0 spiro atoms. The Bertz CT molecular complexity index is 2170. The number of halogens is 1. The summed E-state index contributed by atoms with van der Waals surface area (Å²) >= 11 is 0. The van der Waals surface area contributed by atoms with E-state index in [0.29, 0.717) is 17.3 Å². The van der Waals surface area contributed by atoms with E-state index in [0.717, 1.165) is 44.4 Å². The van der Waals surface area contributed by atoms with Gasteiger partial charge in [0.15, 0.2) is 0 Å². The van der Waals surface area contributed by atoms with Crippen molar-refractivity contribution in [3.05, 3.63) is 131 Å². The van der Waals surface area contributed by atoms with Crippen molar-refractivity contribution >= 4 is 21.8 Å². The molecule has 0 aliphatic heterocycles. The number of pyridine rings is 1. The minimum Gasteiger partial charge on any atom is -0.457 e. The molecule has 3 aromatic heterocycles. The van der Waals surface area contributed by atoms with Crippen molar-refractivity contribution < 1.29 is 9.13 Å². The number of benzene rings is 4. The Hall–Kier alpha value is -5.23. The number of nitrogens with zero attached hydrogens (tertiary/aromatic N) is 4. The SMILES string of the molecule is Cc1cc(Oc2ccc3c4ccccc4n(-c4cc(F)ccn4)c3c2)cc(-n2nc(C)c(-c3c(C)cccc3C)c2C)c1. The Balaban J connectivity index is 1.31. The van der Waals surface area contributed by atoms with E-state index in [1.807, 2.05) is 51.7 Å². The van der Waals surface area contributed by atoms with Gasteiger partial charge >= 0.3 is 0 Å². The highest BCUT2D eigenvalue weighted by molar-refractivity contribution is 6.09. The first-order valence-electron chi connectivity index (χ1n) is 14.4. The summed E-state index contributed by atoms with van der Waals surface area (Å²) in [6, 6.07) is 29.5. The van der Waals surface area contributed by atoms with Crippen molar-refractivity contribution in [1.82, 2.24) is 19.3 Å². The number of hydrogen-bond acceptors (Lipinski definition) is 3. The highest BCUT2D eigenvalue weighted by Gasteiger charge is 2.19. The van der Waals surface area contributed by atoms with Gasteiger partial charge in [0.2, 0.25) is 0 Å². The van der Waals surface area contributed by atoms with Crippen molar-refractivity contribution in [2.45, 2.75) is 34.6 Å². The third-order valence-electron chi connectivity index (χ3n) is 8.12. The zero-order chi connectivity index (χ0) is 29.8. The van der Waals surface area contributed by atoms with E-state index in [2.05, 4.69) is 76.0 Å². The molecule has 5 nitrogen and oxygen atoms in total. The molecule has 0 saturated carbocycles. The maximum Gasteiger partial charge on any atom is 0.140 e. The van der Waals surface area contributed by atoms with Crippen LogP contribution in [0.1, 0.15) is 28.1 Å². The van der Waals surface area contributed by atoms with Gasteiger partial charge in [-0.25, -0.2) is 14.1 Å². The molecular formula is C37H31FN4O. The molecule has 0 bridgehead atoms. The van der Waals surface area contributed by atoms with Crippen LogP contribution in [-0.4, -0.2) is 19.3 Å². The summed E-state index contributed by atoms with van der Waals surface area (Å²) in [5.74, 6) is 1.57. The average Bonchev–Trinajstić information content (AvgIpc) is 3.46. The van der Waals surface area contributed by atoms with Crippen molar-refractivity contribution in [1.29, 1.82) is 0 Å². The summed E-state index contributed by atoms with van der Waals surface area (Å²) in [5.41, 5.74) is 10.8. The monoisotopic (exact) mass is 566 g/mol. The van der Waals surface area contributed by atoms with E-state index < -0.39 is 0 Å². The van der Waals surface area contributed by atoms with Crippen LogP contribution in [0.25, 0.3) is 44.4 Å². The summed E-state index contributed by atoms with van der Waals surface area (Å²) < 4.78 is 24.7. The van der Waals surface area contributed by atoms with Crippen LogP contribution in [0.4, 0.5) is 4.39 Å². The second-order valence-electron chi connectivity index (χ2n) is 11.2. The van der Waals surface area contributed by atoms with Gasteiger partial charge in [0.1, 0.15) is 23.1 Å². The predicted molar refractivity (Wildman–Crippen MR) is 171 cm³/mol. The lowest BCUT2D eigenvalue weighted by atomic mass is 9.94.